The molecule has 1 N–H and O–H groups in total. The minimum absolute atomic E-state index is 0.437. The average Bonchev–Trinajstić information content (AvgIpc) is 3.34. The summed E-state index contributed by atoms with van der Waals surface area (Å²) < 4.78 is 0.910. The van der Waals surface area contributed by atoms with Crippen molar-refractivity contribution in [3.05, 3.63) is 22.2 Å². The molecule has 0 spiro atoms. The molecule has 110 valence electrons. The summed E-state index contributed by atoms with van der Waals surface area (Å²) in [5.74, 6) is 0.651. The van der Waals surface area contributed by atoms with Crippen molar-refractivity contribution in [1.29, 1.82) is 0 Å². The monoisotopic (exact) mass is 348 g/mol. The normalized spacial score (nSPS) is 20.4. The van der Waals surface area contributed by atoms with Crippen LogP contribution in [-0.4, -0.2) is 24.8 Å². The van der Waals surface area contributed by atoms with E-state index in [0.717, 1.165) is 35.1 Å². The Bertz CT molecular complexity index is 621. The molecule has 0 saturated heterocycles. The topological polar surface area (TPSA) is 49.4 Å². The number of halogens is 1. The van der Waals surface area contributed by atoms with E-state index in [1.807, 2.05) is 6.07 Å². The van der Waals surface area contributed by atoms with Gasteiger partial charge in [-0.25, -0.2) is 0 Å². The first-order valence-corrected chi connectivity index (χ1v) is 8.35. The third-order valence-corrected chi connectivity index (χ3v) is 5.11. The van der Waals surface area contributed by atoms with Crippen LogP contribution in [0.1, 0.15) is 36.0 Å². The Morgan fingerprint density at radius 1 is 1.10 bits per heavy atom. The fraction of sp³-hybridized carbons (Fsp3) is 0.500. The number of nitrogens with one attached hydrogen (secondary N) is 1. The molecule has 2 fully saturated rings. The molecule has 4 nitrogen and oxygen atoms in total. The highest BCUT2D eigenvalue weighted by Crippen LogP contribution is 2.40. The molecule has 1 aromatic rings. The molecular formula is C16H17BrN2O2. The summed E-state index contributed by atoms with van der Waals surface area (Å²) in [7, 11) is 0. The van der Waals surface area contributed by atoms with Crippen molar-refractivity contribution in [2.75, 3.05) is 23.3 Å². The Hall–Kier alpha value is -1.36. The summed E-state index contributed by atoms with van der Waals surface area (Å²) in [4.78, 5) is 25.7. The van der Waals surface area contributed by atoms with Crippen molar-refractivity contribution in [1.82, 2.24) is 0 Å². The molecule has 1 aromatic carbocycles. The van der Waals surface area contributed by atoms with Crippen molar-refractivity contribution < 1.29 is 9.59 Å². The zero-order valence-electron chi connectivity index (χ0n) is 11.7. The molecular weight excluding hydrogens is 332 g/mol. The van der Waals surface area contributed by atoms with Crippen LogP contribution in [0.25, 0.3) is 0 Å². The van der Waals surface area contributed by atoms with E-state index in [4.69, 9.17) is 0 Å². The third-order valence-electron chi connectivity index (χ3n) is 4.48. The van der Waals surface area contributed by atoms with Crippen molar-refractivity contribution in [2.45, 2.75) is 25.7 Å². The van der Waals surface area contributed by atoms with Gasteiger partial charge < -0.3 is 10.2 Å². The quantitative estimate of drug-likeness (QED) is 0.831. The molecule has 0 radical (unpaired) electrons. The molecule has 5 heteroatoms. The van der Waals surface area contributed by atoms with E-state index in [0.29, 0.717) is 11.3 Å². The molecule has 0 atom stereocenters. The van der Waals surface area contributed by atoms with E-state index in [1.54, 1.807) is 6.07 Å². The third kappa shape index (κ3) is 2.59. The summed E-state index contributed by atoms with van der Waals surface area (Å²) in [5.41, 5.74) is 2.23. The predicted octanol–water partition coefficient (Wildman–Crippen LogP) is 3.21. The van der Waals surface area contributed by atoms with E-state index < -0.39 is 11.7 Å². The van der Waals surface area contributed by atoms with Gasteiger partial charge in [-0.3, -0.25) is 9.59 Å². The molecule has 0 bridgehead atoms. The highest BCUT2D eigenvalue weighted by Gasteiger charge is 2.33. The summed E-state index contributed by atoms with van der Waals surface area (Å²) >= 11 is 3.59. The molecule has 1 amide bonds. The van der Waals surface area contributed by atoms with Crippen LogP contribution in [0, 0.1) is 11.8 Å². The van der Waals surface area contributed by atoms with E-state index in [9.17, 15) is 9.59 Å². The molecule has 0 unspecified atom stereocenters. The van der Waals surface area contributed by atoms with Gasteiger partial charge in [0.05, 0.1) is 16.9 Å². The summed E-state index contributed by atoms with van der Waals surface area (Å²) in [6.07, 6.45) is 5.27. The molecule has 2 saturated carbocycles. The Kier molecular flexibility index (Phi) is 3.06. The second kappa shape index (κ2) is 4.83. The maximum atomic E-state index is 11.8. The van der Waals surface area contributed by atoms with Gasteiger partial charge in [-0.2, -0.15) is 0 Å². The number of nitrogens with zero attached hydrogens (tertiary/aromatic N) is 1. The largest absolute Gasteiger partial charge is 0.370 e. The van der Waals surface area contributed by atoms with Gasteiger partial charge in [-0.15, -0.1) is 0 Å². The maximum Gasteiger partial charge on any atom is 0.296 e. The summed E-state index contributed by atoms with van der Waals surface area (Å²) in [5, 5.41) is 2.67. The van der Waals surface area contributed by atoms with Gasteiger partial charge in [0.1, 0.15) is 0 Å². The SMILES string of the molecule is O=C1Nc2cc(N(CC3CC3)CC3CC3)c(Br)cc2C1=O. The van der Waals surface area contributed by atoms with Crippen molar-refractivity contribution in [2.24, 2.45) is 11.8 Å². The minimum atomic E-state index is -0.523. The maximum absolute atomic E-state index is 11.8. The van der Waals surface area contributed by atoms with Crippen LogP contribution in [0.5, 0.6) is 0 Å². The van der Waals surface area contributed by atoms with E-state index in [2.05, 4.69) is 26.1 Å². The van der Waals surface area contributed by atoms with Crippen LogP contribution in [0.4, 0.5) is 11.4 Å². The van der Waals surface area contributed by atoms with Crippen molar-refractivity contribution in [3.63, 3.8) is 0 Å². The van der Waals surface area contributed by atoms with Gasteiger partial charge in [0.2, 0.25) is 0 Å². The fourth-order valence-corrected chi connectivity index (χ4v) is 3.49. The first-order valence-electron chi connectivity index (χ1n) is 7.56. The van der Waals surface area contributed by atoms with E-state index in [-0.39, 0.29) is 0 Å². The molecule has 3 aliphatic rings. The smallest absolute Gasteiger partial charge is 0.296 e. The van der Waals surface area contributed by atoms with Crippen molar-refractivity contribution >= 4 is 39.0 Å². The zero-order chi connectivity index (χ0) is 14.6. The second-order valence-electron chi connectivity index (χ2n) is 6.42. The number of hydrogen-bond donors (Lipinski definition) is 1. The molecule has 0 aromatic heterocycles. The number of carbonyl (C=O) groups is 2. The number of ketones is 1. The predicted molar refractivity (Wildman–Crippen MR) is 84.8 cm³/mol. The number of hydrogen-bond acceptors (Lipinski definition) is 3. The summed E-state index contributed by atoms with van der Waals surface area (Å²) in [6.45, 7) is 2.16. The van der Waals surface area contributed by atoms with E-state index in [1.165, 1.54) is 25.7 Å². The molecule has 1 aliphatic heterocycles. The fourth-order valence-electron chi connectivity index (χ4n) is 2.89. The first-order chi connectivity index (χ1) is 10.1. The Morgan fingerprint density at radius 3 is 2.29 bits per heavy atom. The Labute approximate surface area is 132 Å². The van der Waals surface area contributed by atoms with Crippen LogP contribution in [-0.2, 0) is 4.79 Å². The average molecular weight is 349 g/mol. The number of amides is 1. The van der Waals surface area contributed by atoms with Gasteiger partial charge in [0, 0.05) is 17.6 Å². The van der Waals surface area contributed by atoms with Crippen LogP contribution in [0.15, 0.2) is 16.6 Å². The van der Waals surface area contributed by atoms with Crippen molar-refractivity contribution in [3.8, 4) is 0 Å². The van der Waals surface area contributed by atoms with Crippen LogP contribution >= 0.6 is 15.9 Å². The Morgan fingerprint density at radius 2 is 1.71 bits per heavy atom. The van der Waals surface area contributed by atoms with Gasteiger partial charge in [0.25, 0.3) is 11.7 Å². The number of carbonyl (C=O) groups excluding carboxylic acids is 2. The highest BCUT2D eigenvalue weighted by atomic mass is 79.9. The van der Waals surface area contributed by atoms with Crippen LogP contribution in [0.2, 0.25) is 0 Å². The van der Waals surface area contributed by atoms with Crippen LogP contribution in [0.3, 0.4) is 0 Å². The Balaban J connectivity index is 1.67. The number of fused-ring (bicyclic) bond motifs is 1. The molecule has 21 heavy (non-hydrogen) atoms. The highest BCUT2D eigenvalue weighted by molar-refractivity contribution is 9.10. The van der Waals surface area contributed by atoms with E-state index >= 15 is 0 Å². The standard InChI is InChI=1S/C16H17BrN2O2/c17-12-5-11-13(18-16(21)15(11)20)6-14(12)19(7-9-1-2-9)8-10-3-4-10/h5-6,9-10H,1-4,7-8H2,(H,18,20,21). The van der Waals surface area contributed by atoms with Gasteiger partial charge >= 0.3 is 0 Å². The van der Waals surface area contributed by atoms with Gasteiger partial charge in [0.15, 0.2) is 0 Å². The lowest BCUT2D eigenvalue weighted by Gasteiger charge is -2.26. The summed E-state index contributed by atoms with van der Waals surface area (Å²) in [6, 6.07) is 3.74. The lowest BCUT2D eigenvalue weighted by Crippen LogP contribution is -2.28. The molecule has 2 aliphatic carbocycles. The number of anilines is 2. The number of rotatable bonds is 5. The second-order valence-corrected chi connectivity index (χ2v) is 7.28. The number of Topliss-reactive ketones (excluding diaryl/α,β-unsaturated/α-hetero) is 1. The van der Waals surface area contributed by atoms with Crippen LogP contribution < -0.4 is 10.2 Å². The minimum Gasteiger partial charge on any atom is -0.370 e. The number of benzene rings is 1. The van der Waals surface area contributed by atoms with Gasteiger partial charge in [-0.05, 0) is 65.6 Å². The first kappa shape index (κ1) is 13.3. The lowest BCUT2D eigenvalue weighted by atomic mass is 10.1. The lowest BCUT2D eigenvalue weighted by molar-refractivity contribution is -0.112. The molecule has 4 rings (SSSR count). The van der Waals surface area contributed by atoms with Gasteiger partial charge in [-0.1, -0.05) is 0 Å². The molecule has 1 heterocycles. The zero-order valence-corrected chi connectivity index (χ0v) is 13.3.